The lowest BCUT2D eigenvalue weighted by Crippen LogP contribution is -2.28. The zero-order chi connectivity index (χ0) is 33.5. The number of fused-ring (bicyclic) bond motifs is 5. The van der Waals surface area contributed by atoms with Crippen LogP contribution in [0.25, 0.3) is 67.3 Å². The molecule has 0 bridgehead atoms. The molecule has 7 aromatic rings. The summed E-state index contributed by atoms with van der Waals surface area (Å²) in [6, 6.07) is 55.8. The van der Waals surface area contributed by atoms with E-state index in [-0.39, 0.29) is 5.41 Å². The summed E-state index contributed by atoms with van der Waals surface area (Å²) in [7, 11) is 0. The molecule has 1 spiro atoms. The van der Waals surface area contributed by atoms with Gasteiger partial charge in [0.05, 0.1) is 23.0 Å². The van der Waals surface area contributed by atoms with E-state index >= 15 is 0 Å². The summed E-state index contributed by atoms with van der Waals surface area (Å²) in [5.74, 6) is 0.705. The molecule has 0 atom stereocenters. The molecular weight excluding hydrogens is 607 g/mol. The van der Waals surface area contributed by atoms with E-state index in [1.54, 1.807) is 0 Å². The van der Waals surface area contributed by atoms with Crippen LogP contribution in [0.1, 0.15) is 48.8 Å². The minimum absolute atomic E-state index is 0.0542. The minimum Gasteiger partial charge on any atom is -0.228 e. The van der Waals surface area contributed by atoms with Crippen molar-refractivity contribution >= 4 is 0 Å². The second-order valence-electron chi connectivity index (χ2n) is 13.6. The quantitative estimate of drug-likeness (QED) is 0.188. The first-order valence-corrected chi connectivity index (χ1v) is 17.6. The maximum Gasteiger partial charge on any atom is 0.161 e. The molecule has 0 aliphatic heterocycles. The van der Waals surface area contributed by atoms with Gasteiger partial charge in [-0.3, -0.25) is 0 Å². The number of nitriles is 1. The highest BCUT2D eigenvalue weighted by atomic mass is 14.9. The Bertz CT molecular complexity index is 2410. The van der Waals surface area contributed by atoms with Gasteiger partial charge in [-0.2, -0.15) is 5.26 Å². The molecule has 1 fully saturated rings. The molecule has 50 heavy (non-hydrogen) atoms. The lowest BCUT2D eigenvalue weighted by atomic mass is 9.67. The molecule has 1 saturated carbocycles. The lowest BCUT2D eigenvalue weighted by Gasteiger charge is -2.36. The lowest BCUT2D eigenvalue weighted by molar-refractivity contribution is 0.353. The molecule has 0 amide bonds. The molecule has 0 saturated heterocycles. The Kier molecular flexibility index (Phi) is 7.44. The summed E-state index contributed by atoms with van der Waals surface area (Å²) < 4.78 is 0. The fourth-order valence-electron chi connectivity index (χ4n) is 8.32. The van der Waals surface area contributed by atoms with Crippen molar-refractivity contribution in [2.45, 2.75) is 37.5 Å². The fraction of sp³-hybridized carbons (Fsp3) is 0.128. The van der Waals surface area contributed by atoms with Gasteiger partial charge in [-0.25, -0.2) is 9.97 Å². The zero-order valence-corrected chi connectivity index (χ0v) is 27.8. The van der Waals surface area contributed by atoms with Gasteiger partial charge in [0.2, 0.25) is 0 Å². The molecule has 3 heteroatoms. The first kappa shape index (κ1) is 30.0. The Labute approximate surface area is 293 Å². The number of hydrogen-bond acceptors (Lipinski definition) is 3. The largest absolute Gasteiger partial charge is 0.228 e. The normalized spacial score (nSPS) is 14.1. The van der Waals surface area contributed by atoms with E-state index < -0.39 is 0 Å². The highest BCUT2D eigenvalue weighted by molar-refractivity contribution is 5.88. The molecular formula is C47H35N3. The van der Waals surface area contributed by atoms with Crippen molar-refractivity contribution in [2.75, 3.05) is 0 Å². The maximum absolute atomic E-state index is 9.79. The van der Waals surface area contributed by atoms with Crippen LogP contribution in [-0.2, 0) is 5.41 Å². The molecule has 3 nitrogen and oxygen atoms in total. The van der Waals surface area contributed by atoms with Crippen molar-refractivity contribution in [3.05, 3.63) is 168 Å². The van der Waals surface area contributed by atoms with E-state index in [2.05, 4.69) is 140 Å². The van der Waals surface area contributed by atoms with Crippen LogP contribution in [0.2, 0.25) is 0 Å². The van der Waals surface area contributed by atoms with E-state index in [4.69, 9.17) is 9.97 Å². The molecule has 2 aliphatic rings. The highest BCUT2D eigenvalue weighted by Crippen LogP contribution is 2.56. The van der Waals surface area contributed by atoms with E-state index in [1.165, 1.54) is 52.6 Å². The van der Waals surface area contributed by atoms with Gasteiger partial charge in [-0.15, -0.1) is 0 Å². The van der Waals surface area contributed by atoms with Gasteiger partial charge in [0.1, 0.15) is 0 Å². The standard InChI is InChI=1S/C47H35N3/c48-31-32-21-23-39-40-24-22-36(29-43(40)47(42(39)27-32)25-10-3-11-26-47)38-19-8-9-20-41(38)46-49-44(34-15-6-2-7-16-34)30-45(50-46)37-18-12-17-35(28-37)33-13-4-1-5-14-33/h1-2,4-9,12-24,27-30H,3,10-11,25-26H2. The number of aromatic nitrogens is 2. The smallest absolute Gasteiger partial charge is 0.161 e. The fourth-order valence-corrected chi connectivity index (χ4v) is 8.32. The highest BCUT2D eigenvalue weighted by Gasteiger charge is 2.44. The minimum atomic E-state index is -0.0542. The summed E-state index contributed by atoms with van der Waals surface area (Å²) in [5, 5.41) is 9.79. The Balaban J connectivity index is 1.20. The second kappa shape index (κ2) is 12.4. The topological polar surface area (TPSA) is 49.6 Å². The van der Waals surface area contributed by atoms with Crippen molar-refractivity contribution in [2.24, 2.45) is 0 Å². The summed E-state index contributed by atoms with van der Waals surface area (Å²) in [4.78, 5) is 10.5. The van der Waals surface area contributed by atoms with Gasteiger partial charge >= 0.3 is 0 Å². The summed E-state index contributed by atoms with van der Waals surface area (Å²) in [6.07, 6.45) is 5.88. The molecule has 9 rings (SSSR count). The molecule has 1 heterocycles. The van der Waals surface area contributed by atoms with Crippen LogP contribution in [-0.4, -0.2) is 9.97 Å². The number of rotatable bonds is 5. The predicted octanol–water partition coefficient (Wildman–Crippen LogP) is 11.9. The summed E-state index contributed by atoms with van der Waals surface area (Å²) in [6.45, 7) is 0. The SMILES string of the molecule is N#Cc1ccc2c(c1)C1(CCCCC1)c1cc(-c3ccccc3-c3nc(-c4ccccc4)cc(-c4cccc(-c5ccccc5)c4)n3)ccc1-2. The van der Waals surface area contributed by atoms with Crippen LogP contribution in [0.15, 0.2) is 152 Å². The zero-order valence-electron chi connectivity index (χ0n) is 27.8. The number of hydrogen-bond donors (Lipinski definition) is 0. The Morgan fingerprint density at radius 3 is 1.78 bits per heavy atom. The molecule has 2 aliphatic carbocycles. The van der Waals surface area contributed by atoms with Gasteiger partial charge in [-0.1, -0.05) is 141 Å². The van der Waals surface area contributed by atoms with E-state index in [0.717, 1.165) is 57.6 Å². The van der Waals surface area contributed by atoms with Gasteiger partial charge in [-0.05, 0) is 87.7 Å². The Morgan fingerprint density at radius 2 is 1.04 bits per heavy atom. The van der Waals surface area contributed by atoms with Crippen LogP contribution in [0.3, 0.4) is 0 Å². The third-order valence-corrected chi connectivity index (χ3v) is 10.7. The van der Waals surface area contributed by atoms with Crippen LogP contribution >= 0.6 is 0 Å². The van der Waals surface area contributed by atoms with Crippen molar-refractivity contribution in [3.8, 4) is 73.4 Å². The average Bonchev–Trinajstić information content (AvgIpc) is 3.45. The first-order chi connectivity index (χ1) is 24.7. The maximum atomic E-state index is 9.79. The Hall–Kier alpha value is -6.11. The van der Waals surface area contributed by atoms with Gasteiger partial charge < -0.3 is 0 Å². The summed E-state index contributed by atoms with van der Waals surface area (Å²) in [5.41, 5.74) is 15.5. The van der Waals surface area contributed by atoms with Crippen LogP contribution in [0.4, 0.5) is 0 Å². The van der Waals surface area contributed by atoms with Crippen LogP contribution in [0.5, 0.6) is 0 Å². The number of benzene rings is 6. The van der Waals surface area contributed by atoms with Gasteiger partial charge in [0.25, 0.3) is 0 Å². The van der Waals surface area contributed by atoms with Crippen LogP contribution < -0.4 is 0 Å². The molecule has 0 unspecified atom stereocenters. The second-order valence-corrected chi connectivity index (χ2v) is 13.6. The third-order valence-electron chi connectivity index (χ3n) is 10.7. The van der Waals surface area contributed by atoms with E-state index in [0.29, 0.717) is 5.82 Å². The van der Waals surface area contributed by atoms with Gasteiger partial charge in [0.15, 0.2) is 5.82 Å². The first-order valence-electron chi connectivity index (χ1n) is 17.6. The number of nitrogens with zero attached hydrogens (tertiary/aromatic N) is 3. The molecule has 6 aromatic carbocycles. The molecule has 0 radical (unpaired) electrons. The summed E-state index contributed by atoms with van der Waals surface area (Å²) >= 11 is 0. The van der Waals surface area contributed by atoms with Crippen molar-refractivity contribution < 1.29 is 0 Å². The molecule has 0 N–H and O–H groups in total. The predicted molar refractivity (Wildman–Crippen MR) is 203 cm³/mol. The monoisotopic (exact) mass is 641 g/mol. The third kappa shape index (κ3) is 5.13. The average molecular weight is 642 g/mol. The van der Waals surface area contributed by atoms with Crippen molar-refractivity contribution in [1.82, 2.24) is 9.97 Å². The molecule has 1 aromatic heterocycles. The van der Waals surface area contributed by atoms with Crippen molar-refractivity contribution in [3.63, 3.8) is 0 Å². The van der Waals surface area contributed by atoms with Crippen LogP contribution in [0, 0.1) is 11.3 Å². The molecule has 238 valence electrons. The van der Waals surface area contributed by atoms with Crippen molar-refractivity contribution in [1.29, 1.82) is 5.26 Å². The van der Waals surface area contributed by atoms with Gasteiger partial charge in [0, 0.05) is 22.1 Å². The van der Waals surface area contributed by atoms with E-state index in [1.807, 2.05) is 18.2 Å². The Morgan fingerprint density at radius 1 is 0.440 bits per heavy atom. The van der Waals surface area contributed by atoms with E-state index in [9.17, 15) is 5.26 Å².